The zero-order valence-electron chi connectivity index (χ0n) is 22.7. The number of benzene rings is 2. The second-order valence-corrected chi connectivity index (χ2v) is 11.1. The van der Waals surface area contributed by atoms with Gasteiger partial charge in [-0.05, 0) is 61.6 Å². The predicted octanol–water partition coefficient (Wildman–Crippen LogP) is 4.27. The molecule has 1 atom stereocenters. The van der Waals surface area contributed by atoms with Gasteiger partial charge in [-0.2, -0.15) is 0 Å². The van der Waals surface area contributed by atoms with E-state index in [4.69, 9.17) is 4.74 Å². The molecule has 0 spiro atoms. The van der Waals surface area contributed by atoms with Gasteiger partial charge in [0, 0.05) is 26.1 Å². The Morgan fingerprint density at radius 3 is 2.32 bits per heavy atom. The minimum absolute atomic E-state index is 0.118. The Labute approximate surface area is 222 Å². The first-order valence-electron chi connectivity index (χ1n) is 12.8. The molecule has 2 rings (SSSR count). The molecule has 8 nitrogen and oxygen atoms in total. The van der Waals surface area contributed by atoms with E-state index >= 15 is 0 Å². The molecule has 0 aromatic heterocycles. The van der Waals surface area contributed by atoms with E-state index in [1.807, 2.05) is 56.3 Å². The molecule has 0 aliphatic heterocycles. The number of carbonyl (C=O) groups is 2. The summed E-state index contributed by atoms with van der Waals surface area (Å²) in [4.78, 5) is 28.1. The van der Waals surface area contributed by atoms with Crippen molar-refractivity contribution >= 4 is 27.5 Å². The molecule has 2 aromatic rings. The van der Waals surface area contributed by atoms with Crippen molar-refractivity contribution in [3.8, 4) is 5.75 Å². The van der Waals surface area contributed by atoms with Gasteiger partial charge in [0.1, 0.15) is 11.8 Å². The van der Waals surface area contributed by atoms with Crippen LogP contribution in [0, 0.1) is 6.92 Å². The van der Waals surface area contributed by atoms with Crippen molar-refractivity contribution < 1.29 is 22.7 Å². The van der Waals surface area contributed by atoms with Crippen LogP contribution in [-0.4, -0.2) is 57.6 Å². The summed E-state index contributed by atoms with van der Waals surface area (Å²) in [5.74, 6) is 0.351. The molecule has 9 heteroatoms. The van der Waals surface area contributed by atoms with E-state index in [2.05, 4.69) is 12.2 Å². The SMILES string of the molecule is CCCCNC(=O)[C@@H](CC)N(Cc1ccc(OC)cc1)C(=O)CCCN(c1cccc(C)c1)S(C)(=O)=O. The van der Waals surface area contributed by atoms with Crippen molar-refractivity contribution in [2.24, 2.45) is 0 Å². The molecule has 0 aliphatic rings. The number of anilines is 1. The molecule has 0 saturated carbocycles. The Hall–Kier alpha value is -3.07. The van der Waals surface area contributed by atoms with Crippen LogP contribution in [0.2, 0.25) is 0 Å². The molecule has 0 aliphatic carbocycles. The Morgan fingerprint density at radius 1 is 1.05 bits per heavy atom. The Kier molecular flexibility index (Phi) is 11.9. The molecule has 204 valence electrons. The average molecular weight is 532 g/mol. The lowest BCUT2D eigenvalue weighted by atomic mass is 10.1. The zero-order valence-corrected chi connectivity index (χ0v) is 23.5. The van der Waals surface area contributed by atoms with Gasteiger partial charge >= 0.3 is 0 Å². The molecule has 2 aromatic carbocycles. The number of hydrogen-bond donors (Lipinski definition) is 1. The van der Waals surface area contributed by atoms with Gasteiger partial charge in [0.25, 0.3) is 0 Å². The van der Waals surface area contributed by atoms with Gasteiger partial charge in [0.05, 0.1) is 19.1 Å². The number of nitrogens with zero attached hydrogens (tertiary/aromatic N) is 2. The highest BCUT2D eigenvalue weighted by Crippen LogP contribution is 2.21. The number of carbonyl (C=O) groups excluding carboxylic acids is 2. The highest BCUT2D eigenvalue weighted by Gasteiger charge is 2.28. The van der Waals surface area contributed by atoms with Crippen molar-refractivity contribution in [1.29, 1.82) is 0 Å². The predicted molar refractivity (Wildman–Crippen MR) is 148 cm³/mol. The summed E-state index contributed by atoms with van der Waals surface area (Å²) < 4.78 is 31.5. The number of aryl methyl sites for hydroxylation is 1. The van der Waals surface area contributed by atoms with Crippen LogP contribution < -0.4 is 14.4 Å². The van der Waals surface area contributed by atoms with Gasteiger partial charge in [-0.3, -0.25) is 13.9 Å². The molecule has 0 bridgehead atoms. The average Bonchev–Trinajstić information content (AvgIpc) is 2.86. The first-order chi connectivity index (χ1) is 17.6. The summed E-state index contributed by atoms with van der Waals surface area (Å²) in [5, 5.41) is 2.95. The lowest BCUT2D eigenvalue weighted by molar-refractivity contribution is -0.141. The Morgan fingerprint density at radius 2 is 1.76 bits per heavy atom. The third kappa shape index (κ3) is 9.39. The fourth-order valence-electron chi connectivity index (χ4n) is 4.14. The van der Waals surface area contributed by atoms with Crippen LogP contribution in [0.25, 0.3) is 0 Å². The van der Waals surface area contributed by atoms with E-state index in [9.17, 15) is 18.0 Å². The highest BCUT2D eigenvalue weighted by atomic mass is 32.2. The molecule has 0 fully saturated rings. The number of amides is 2. The summed E-state index contributed by atoms with van der Waals surface area (Å²) in [6.07, 6.45) is 3.91. The van der Waals surface area contributed by atoms with Crippen LogP contribution in [0.3, 0.4) is 0 Å². The lowest BCUT2D eigenvalue weighted by Gasteiger charge is -2.31. The van der Waals surface area contributed by atoms with Gasteiger partial charge < -0.3 is 15.0 Å². The van der Waals surface area contributed by atoms with Crippen LogP contribution >= 0.6 is 0 Å². The standard InChI is InChI=1S/C28H41N3O5S/c1-6-8-18-29-28(33)26(7-2)30(21-23-14-16-25(36-4)17-15-23)27(32)13-10-19-31(37(5,34)35)24-12-9-11-22(3)20-24/h9,11-12,14-17,20,26H,6-8,10,13,18-19,21H2,1-5H3,(H,29,33)/t26-/m1/s1. The second kappa shape index (κ2) is 14.6. The van der Waals surface area contributed by atoms with Crippen LogP contribution in [0.15, 0.2) is 48.5 Å². The number of methoxy groups -OCH3 is 1. The molecular weight excluding hydrogens is 490 g/mol. The van der Waals surface area contributed by atoms with Gasteiger partial charge in [0.2, 0.25) is 21.8 Å². The van der Waals surface area contributed by atoms with Gasteiger partial charge in [0.15, 0.2) is 0 Å². The van der Waals surface area contributed by atoms with Gasteiger partial charge in [-0.25, -0.2) is 8.42 Å². The first kappa shape index (κ1) is 30.2. The quantitative estimate of drug-likeness (QED) is 0.346. The van der Waals surface area contributed by atoms with Crippen LogP contribution in [0.5, 0.6) is 5.75 Å². The fourth-order valence-corrected chi connectivity index (χ4v) is 5.10. The maximum absolute atomic E-state index is 13.5. The highest BCUT2D eigenvalue weighted by molar-refractivity contribution is 7.92. The first-order valence-corrected chi connectivity index (χ1v) is 14.7. The van der Waals surface area contributed by atoms with Crippen LogP contribution in [-0.2, 0) is 26.2 Å². The summed E-state index contributed by atoms with van der Waals surface area (Å²) >= 11 is 0. The largest absolute Gasteiger partial charge is 0.497 e. The number of ether oxygens (including phenoxy) is 1. The van der Waals surface area contributed by atoms with E-state index in [1.165, 1.54) is 10.6 Å². The lowest BCUT2D eigenvalue weighted by Crippen LogP contribution is -2.49. The molecular formula is C28H41N3O5S. The van der Waals surface area contributed by atoms with E-state index < -0.39 is 16.1 Å². The summed E-state index contributed by atoms with van der Waals surface area (Å²) in [6, 6.07) is 14.1. The Bertz CT molecular complexity index is 1120. The maximum Gasteiger partial charge on any atom is 0.242 e. The molecule has 0 heterocycles. The molecule has 37 heavy (non-hydrogen) atoms. The van der Waals surface area contributed by atoms with Crippen LogP contribution in [0.1, 0.15) is 57.1 Å². The Balaban J connectivity index is 2.20. The van der Waals surface area contributed by atoms with Crippen molar-refractivity contribution in [3.05, 3.63) is 59.7 Å². The van der Waals surface area contributed by atoms with E-state index in [-0.39, 0.29) is 31.3 Å². The zero-order chi connectivity index (χ0) is 27.4. The third-order valence-electron chi connectivity index (χ3n) is 6.17. The normalized spacial score (nSPS) is 12.0. The second-order valence-electron chi connectivity index (χ2n) is 9.22. The minimum Gasteiger partial charge on any atom is -0.497 e. The fraction of sp³-hybridized carbons (Fsp3) is 0.500. The van der Waals surface area contributed by atoms with Crippen molar-refractivity contribution in [2.75, 3.05) is 30.8 Å². The number of unbranched alkanes of at least 4 members (excludes halogenated alkanes) is 1. The molecule has 0 unspecified atom stereocenters. The smallest absolute Gasteiger partial charge is 0.242 e. The van der Waals surface area contributed by atoms with Crippen molar-refractivity contribution in [1.82, 2.24) is 10.2 Å². The van der Waals surface area contributed by atoms with Crippen molar-refractivity contribution in [2.45, 2.75) is 65.5 Å². The maximum atomic E-state index is 13.5. The topological polar surface area (TPSA) is 96.0 Å². The van der Waals surface area contributed by atoms with E-state index in [1.54, 1.807) is 18.1 Å². The number of sulfonamides is 1. The minimum atomic E-state index is -3.52. The van der Waals surface area contributed by atoms with Gasteiger partial charge in [-0.15, -0.1) is 0 Å². The molecule has 0 saturated heterocycles. The van der Waals surface area contributed by atoms with Gasteiger partial charge in [-0.1, -0.05) is 44.5 Å². The summed E-state index contributed by atoms with van der Waals surface area (Å²) in [6.45, 7) is 6.86. The third-order valence-corrected chi connectivity index (χ3v) is 7.36. The molecule has 0 radical (unpaired) electrons. The van der Waals surface area contributed by atoms with Crippen LogP contribution in [0.4, 0.5) is 5.69 Å². The summed E-state index contributed by atoms with van der Waals surface area (Å²) in [5.41, 5.74) is 2.41. The van der Waals surface area contributed by atoms with E-state index in [0.717, 1.165) is 24.0 Å². The van der Waals surface area contributed by atoms with E-state index in [0.29, 0.717) is 30.8 Å². The summed E-state index contributed by atoms with van der Waals surface area (Å²) in [7, 11) is -1.93. The molecule has 2 amide bonds. The number of rotatable bonds is 15. The number of hydrogen-bond acceptors (Lipinski definition) is 5. The monoisotopic (exact) mass is 531 g/mol. The molecule has 1 N–H and O–H groups in total. The van der Waals surface area contributed by atoms with Crippen molar-refractivity contribution in [3.63, 3.8) is 0 Å². The number of nitrogens with one attached hydrogen (secondary N) is 1.